The molecule has 0 fully saturated rings. The van der Waals surface area contributed by atoms with E-state index in [1.54, 1.807) is 84.1 Å². The molecule has 0 spiro atoms. The molecule has 136 heavy (non-hydrogen) atoms. The van der Waals surface area contributed by atoms with Crippen LogP contribution in [0.1, 0.15) is 158 Å². The van der Waals surface area contributed by atoms with Crippen molar-refractivity contribution in [3.05, 3.63) is 310 Å². The predicted octanol–water partition coefficient (Wildman–Crippen LogP) is 18.8. The molecule has 0 aliphatic rings. The van der Waals surface area contributed by atoms with Crippen LogP contribution < -0.4 is 33.7 Å². The van der Waals surface area contributed by atoms with E-state index in [-0.39, 0.29) is 85.6 Å². The summed E-state index contributed by atoms with van der Waals surface area (Å²) in [7, 11) is -17.9. The van der Waals surface area contributed by atoms with Crippen molar-refractivity contribution in [3.63, 3.8) is 0 Å². The molecular formula is C93H101Cl4N15O15S9. The van der Waals surface area contributed by atoms with Gasteiger partial charge in [-0.2, -0.15) is 24.3 Å². The standard InChI is InChI=1S/C31H34ClN7O5S3.C31H33ClN4O5S3.C24H30ClN3O3S2.C7H4ClNO2S/c1-22(2)28-21-45-30(34-28)20-44-25-9-7-8-23(18-25)19-39(17-6-5-16-33-46(40,41)26-14-12-24(32)13-15-26)47(42,43)29-11-4-3-10-27(29)31-35-37-38-36-31;1-23(2)29-22-42-31(35-29)21-41-27-10-7-8-24(18-27)20-36(44(39,40)30-11-4-3-9-25(30)19-33)17-6-5-16-34-43(37,38)28-14-12-26(32)13-15-28;1-18(2)23-17-32-24(28-23)16-31-21-7-5-6-19(14-21)15-26-12-3-4-13-27-33(29,30)22-10-8-20(25)9-11-22;8-12(10,11)7-4-2-1-3-6(7)5-9/h3-4,7-15,18,21-22,33H,5-6,16-17,19-20H2,1-2H3,(H,35,36,37,38);3-4,7-15,18,22-23,34H,5-6,16-17,20-21H2,1-2H3;5-11,14,17-18,26-27H,3-4,12-13,15-16H2,1-2H3;1-4H. The summed E-state index contributed by atoms with van der Waals surface area (Å²) in [6, 6.07) is 62.4. The summed E-state index contributed by atoms with van der Waals surface area (Å²) in [6.07, 6.45) is 3.13. The van der Waals surface area contributed by atoms with E-state index in [0.717, 1.165) is 69.3 Å². The highest BCUT2D eigenvalue weighted by atomic mass is 35.7. The van der Waals surface area contributed by atoms with Crippen molar-refractivity contribution in [3.8, 4) is 40.8 Å². The first-order chi connectivity index (χ1) is 64.9. The average molecular weight is 2100 g/mol. The van der Waals surface area contributed by atoms with Gasteiger partial charge in [0.15, 0.2) is 0 Å². The number of thiazole rings is 3. The maximum atomic E-state index is 14.2. The Bertz CT molecular complexity index is 6900. The number of nitrogens with zero attached hydrogens (tertiary/aromatic N) is 10. The molecule has 720 valence electrons. The summed E-state index contributed by atoms with van der Waals surface area (Å²) in [4.78, 5) is 14.0. The minimum absolute atomic E-state index is 0.0296. The molecule has 5 N–H and O–H groups in total. The van der Waals surface area contributed by atoms with E-state index in [9.17, 15) is 55.8 Å². The Labute approximate surface area is 826 Å². The SMILES string of the molecule is CC(C)c1csc(COc2cccc(CN(CCCCNS(=O)(=O)c3ccc(Cl)cc3)S(=O)(=O)c3ccccc3-c3nn[nH]n3)c2)n1.CC(C)c1csc(COc2cccc(CN(CCCCNS(=O)(=O)c3ccc(Cl)cc3)S(=O)(=O)c3ccccc3C#N)c2)n1.CC(C)c1csc(COc2cccc(CNCCCCNS(=O)(=O)c3ccc(Cl)cc3)c2)n1.N#Cc1ccccc1S(=O)(=O)Cl. The van der Waals surface area contributed by atoms with Gasteiger partial charge in [0.1, 0.15) is 69.1 Å². The fourth-order valence-corrected chi connectivity index (χ4v) is 23.2. The second-order valence-electron chi connectivity index (χ2n) is 31.2. The van der Waals surface area contributed by atoms with Crippen LogP contribution in [0.25, 0.3) is 11.4 Å². The van der Waals surface area contributed by atoms with Crippen molar-refractivity contribution < 1.29 is 64.7 Å². The largest absolute Gasteiger partial charge is 0.486 e. The van der Waals surface area contributed by atoms with Gasteiger partial charge in [-0.1, -0.05) is 149 Å². The van der Waals surface area contributed by atoms with E-state index in [4.69, 9.17) is 65.0 Å². The van der Waals surface area contributed by atoms with Crippen LogP contribution in [-0.2, 0) is 98.6 Å². The van der Waals surface area contributed by atoms with Crippen LogP contribution in [0.5, 0.6) is 17.2 Å². The number of hydrogen-bond acceptors (Lipinski definition) is 27. The molecule has 0 unspecified atom stereocenters. The van der Waals surface area contributed by atoms with Crippen LogP contribution >= 0.6 is 79.5 Å². The number of benzene rings is 9. The number of nitrogens with one attached hydrogen (secondary N) is 5. The van der Waals surface area contributed by atoms with Crippen LogP contribution in [0.3, 0.4) is 0 Å². The zero-order valence-electron chi connectivity index (χ0n) is 74.8. The molecule has 0 saturated heterocycles. The summed E-state index contributed by atoms with van der Waals surface area (Å²) >= 11 is 22.3. The summed E-state index contributed by atoms with van der Waals surface area (Å²) in [5.74, 6) is 3.22. The van der Waals surface area contributed by atoms with E-state index < -0.39 is 59.2 Å². The van der Waals surface area contributed by atoms with Crippen LogP contribution in [0.15, 0.2) is 264 Å². The van der Waals surface area contributed by atoms with Crippen LogP contribution in [0, 0.1) is 22.7 Å². The van der Waals surface area contributed by atoms with Gasteiger partial charge in [0.05, 0.1) is 52.7 Å². The lowest BCUT2D eigenvalue weighted by Gasteiger charge is -2.23. The van der Waals surface area contributed by atoms with Gasteiger partial charge in [-0.3, -0.25) is 0 Å². The maximum Gasteiger partial charge on any atom is 0.262 e. The maximum absolute atomic E-state index is 14.2. The highest BCUT2D eigenvalue weighted by Crippen LogP contribution is 2.33. The topological polar surface area (TPSA) is 428 Å². The average Bonchev–Trinajstić information content (AvgIpc) is 0.857. The molecule has 0 amide bonds. The summed E-state index contributed by atoms with van der Waals surface area (Å²) in [6.45, 7) is 16.1. The number of unbranched alkanes of at least 4 members (excludes halogenated alkanes) is 3. The molecule has 4 aromatic heterocycles. The number of tetrazole rings is 1. The Morgan fingerprint density at radius 2 is 0.757 bits per heavy atom. The molecule has 4 heterocycles. The fraction of sp³-hybridized carbons (Fsp3) is 0.290. The van der Waals surface area contributed by atoms with Crippen LogP contribution in [0.4, 0.5) is 0 Å². The van der Waals surface area contributed by atoms with Gasteiger partial charge >= 0.3 is 0 Å². The lowest BCUT2D eigenvalue weighted by Crippen LogP contribution is -2.33. The van der Waals surface area contributed by atoms with E-state index >= 15 is 0 Å². The number of aromatic nitrogens is 7. The molecule has 0 aliphatic carbocycles. The van der Waals surface area contributed by atoms with E-state index in [1.807, 2.05) is 65.4 Å². The number of nitriles is 2. The Morgan fingerprint density at radius 1 is 0.412 bits per heavy atom. The second kappa shape index (κ2) is 52.1. The Morgan fingerprint density at radius 3 is 1.12 bits per heavy atom. The molecule has 9 aromatic carbocycles. The second-order valence-corrected chi connectivity index (χ2v) is 47.0. The van der Waals surface area contributed by atoms with E-state index in [2.05, 4.69) is 108 Å². The Hall–Kier alpha value is -10.1. The first kappa shape index (κ1) is 108. The number of rotatable bonds is 45. The zero-order chi connectivity index (χ0) is 98.1. The van der Waals surface area contributed by atoms with Gasteiger partial charge in [-0.15, -0.1) is 44.2 Å². The van der Waals surface area contributed by atoms with Gasteiger partial charge in [-0.25, -0.2) is 79.6 Å². The number of aromatic amines is 1. The van der Waals surface area contributed by atoms with Gasteiger partial charge in [0.25, 0.3) is 9.05 Å². The number of sulfonamides is 5. The molecule has 13 aromatic rings. The van der Waals surface area contributed by atoms with Crippen molar-refractivity contribution in [2.24, 2.45) is 0 Å². The van der Waals surface area contributed by atoms with Crippen molar-refractivity contribution >= 4 is 139 Å². The number of ether oxygens (including phenoxy) is 3. The summed E-state index contributed by atoms with van der Waals surface area (Å²) < 4.78 is 181. The van der Waals surface area contributed by atoms with Crippen LogP contribution in [0.2, 0.25) is 15.1 Å². The molecule has 0 atom stereocenters. The normalized spacial score (nSPS) is 11.9. The molecule has 43 heteroatoms. The fourth-order valence-electron chi connectivity index (χ4n) is 12.7. The quantitative estimate of drug-likeness (QED) is 0.0175. The minimum atomic E-state index is -4.08. The summed E-state index contributed by atoms with van der Waals surface area (Å²) in [5.41, 5.74) is 6.11. The lowest BCUT2D eigenvalue weighted by atomic mass is 10.2. The predicted molar refractivity (Wildman–Crippen MR) is 530 cm³/mol. The minimum Gasteiger partial charge on any atom is -0.486 e. The van der Waals surface area contributed by atoms with Gasteiger partial charge in [0, 0.05) is 99.8 Å². The van der Waals surface area contributed by atoms with Crippen molar-refractivity contribution in [2.75, 3.05) is 39.3 Å². The highest BCUT2D eigenvalue weighted by molar-refractivity contribution is 8.13. The molecule has 0 bridgehead atoms. The third-order valence-electron chi connectivity index (χ3n) is 20.0. The Kier molecular flexibility index (Phi) is 41.4. The highest BCUT2D eigenvalue weighted by Gasteiger charge is 2.31. The first-order valence-electron chi connectivity index (χ1n) is 42.6. The number of halogens is 4. The molecule has 0 radical (unpaired) electrons. The number of H-pyrrole nitrogens is 1. The van der Waals surface area contributed by atoms with Gasteiger partial charge in [0.2, 0.25) is 55.9 Å². The van der Waals surface area contributed by atoms with E-state index in [0.29, 0.717) is 113 Å². The molecule has 30 nitrogen and oxygen atoms in total. The van der Waals surface area contributed by atoms with Crippen LogP contribution in [-0.4, -0.2) is 134 Å². The Balaban J connectivity index is 0.000000200. The third-order valence-corrected chi connectivity index (χ3v) is 32.9. The van der Waals surface area contributed by atoms with Gasteiger partial charge < -0.3 is 19.5 Å². The molecule has 0 aliphatic heterocycles. The number of hydrogen-bond donors (Lipinski definition) is 5. The zero-order valence-corrected chi connectivity index (χ0v) is 85.1. The summed E-state index contributed by atoms with van der Waals surface area (Å²) in [5, 5.41) is 45.6. The first-order valence-corrected chi connectivity index (χ1v) is 56.0. The van der Waals surface area contributed by atoms with Crippen molar-refractivity contribution in [2.45, 2.75) is 167 Å². The molecule has 13 rings (SSSR count). The smallest absolute Gasteiger partial charge is 0.262 e. The van der Waals surface area contributed by atoms with Crippen molar-refractivity contribution in [1.29, 1.82) is 10.5 Å². The third kappa shape index (κ3) is 33.4. The molecular weight excluding hydrogens is 2000 g/mol. The van der Waals surface area contributed by atoms with E-state index in [1.165, 1.54) is 128 Å². The monoisotopic (exact) mass is 2100 g/mol. The molecule has 0 saturated carbocycles. The lowest BCUT2D eigenvalue weighted by molar-refractivity contribution is 0.304. The van der Waals surface area contributed by atoms with Crippen molar-refractivity contribution in [1.82, 2.24) is 63.7 Å². The van der Waals surface area contributed by atoms with Gasteiger partial charge in [-0.05, 0) is 230 Å².